The molecule has 136 valence electrons. The van der Waals surface area contributed by atoms with Crippen molar-refractivity contribution < 1.29 is 9.90 Å². The van der Waals surface area contributed by atoms with E-state index in [4.69, 9.17) is 11.6 Å². The van der Waals surface area contributed by atoms with Crippen molar-refractivity contribution in [3.63, 3.8) is 0 Å². The minimum atomic E-state index is -1.19. The summed E-state index contributed by atoms with van der Waals surface area (Å²) in [7, 11) is -1.19. The number of aromatic amines is 1. The van der Waals surface area contributed by atoms with Crippen LogP contribution in [-0.2, 0) is 0 Å². The van der Waals surface area contributed by atoms with Crippen molar-refractivity contribution in [2.45, 2.75) is 4.90 Å². The summed E-state index contributed by atoms with van der Waals surface area (Å²) in [4.78, 5) is 28.8. The normalized spacial score (nSPS) is 12.2. The largest absolute Gasteiger partial charge is 0.507 e. The molecule has 0 fully saturated rings. The summed E-state index contributed by atoms with van der Waals surface area (Å²) in [6.07, 6.45) is 7.48. The van der Waals surface area contributed by atoms with Crippen LogP contribution in [0.15, 0.2) is 52.3 Å². The topological polar surface area (TPSA) is 82.2 Å². The first-order valence-corrected chi connectivity index (χ1v) is 11.0. The lowest BCUT2D eigenvalue weighted by atomic mass is 10.1. The Morgan fingerprint density at radius 3 is 2.58 bits per heavy atom. The van der Waals surface area contributed by atoms with E-state index in [0.29, 0.717) is 15.9 Å². The molecule has 0 bridgehead atoms. The number of carbonyl (C=O) groups excluding carboxylic acids is 1. The number of anilines is 1. The van der Waals surface area contributed by atoms with Gasteiger partial charge in [0.2, 0.25) is 5.43 Å². The lowest BCUT2D eigenvalue weighted by molar-refractivity contribution is 0.102. The number of halogens is 1. The molecule has 5 nitrogen and oxygen atoms in total. The fourth-order valence-corrected chi connectivity index (χ4v) is 4.09. The lowest BCUT2D eigenvalue weighted by Gasteiger charge is -2.27. The van der Waals surface area contributed by atoms with E-state index < -0.39 is 15.9 Å². The van der Waals surface area contributed by atoms with Crippen LogP contribution in [0.2, 0.25) is 5.02 Å². The van der Waals surface area contributed by atoms with Gasteiger partial charge in [0.1, 0.15) is 11.3 Å². The summed E-state index contributed by atoms with van der Waals surface area (Å²) in [5, 5.41) is 13.6. The molecule has 1 heterocycles. The van der Waals surface area contributed by atoms with Crippen LogP contribution in [0, 0.1) is 0 Å². The van der Waals surface area contributed by atoms with Crippen molar-refractivity contribution in [2.75, 3.05) is 24.1 Å². The lowest BCUT2D eigenvalue weighted by Crippen LogP contribution is -2.22. The molecule has 3 N–H and O–H groups in total. The minimum absolute atomic E-state index is 0.0234. The van der Waals surface area contributed by atoms with Gasteiger partial charge in [0.15, 0.2) is 0 Å². The summed E-state index contributed by atoms with van der Waals surface area (Å²) >= 11 is 6.28. The van der Waals surface area contributed by atoms with Crippen LogP contribution in [0.1, 0.15) is 10.4 Å². The highest BCUT2D eigenvalue weighted by Gasteiger charge is 2.19. The monoisotopic (exact) mass is 390 g/mol. The third-order valence-corrected chi connectivity index (χ3v) is 5.95. The van der Waals surface area contributed by atoms with Gasteiger partial charge in [0, 0.05) is 28.1 Å². The Morgan fingerprint density at radius 1 is 1.19 bits per heavy atom. The van der Waals surface area contributed by atoms with Crippen LogP contribution < -0.4 is 10.7 Å². The molecule has 0 saturated carbocycles. The number of aromatic hydroxyl groups is 1. The predicted octanol–water partition coefficient (Wildman–Crippen LogP) is 4.19. The standard InChI is InChI=1S/C19H19ClN2O3S/c1-26(2,3)17-8-13(20)15(9-16(17)23)22-19(25)12-10-21-14-7-5-4-6-11(14)18(12)24/h4-10,23H,1-3H3,(H,21,24)(H,22,25). The number of aromatic nitrogens is 1. The summed E-state index contributed by atoms with van der Waals surface area (Å²) in [6, 6.07) is 10.0. The van der Waals surface area contributed by atoms with Crippen molar-refractivity contribution in [3.05, 3.63) is 63.4 Å². The van der Waals surface area contributed by atoms with Crippen LogP contribution in [-0.4, -0.2) is 34.8 Å². The molecule has 1 aromatic heterocycles. The first kappa shape index (κ1) is 18.4. The molecule has 7 heteroatoms. The summed E-state index contributed by atoms with van der Waals surface area (Å²) < 4.78 is 0. The van der Waals surface area contributed by atoms with E-state index in [1.807, 2.05) is 18.8 Å². The maximum Gasteiger partial charge on any atom is 0.261 e. The Labute approximate surface area is 157 Å². The molecule has 0 aliphatic rings. The highest BCUT2D eigenvalue weighted by molar-refractivity contribution is 8.32. The first-order chi connectivity index (χ1) is 12.2. The molecule has 0 aliphatic carbocycles. The van der Waals surface area contributed by atoms with Gasteiger partial charge in [0.05, 0.1) is 10.7 Å². The van der Waals surface area contributed by atoms with E-state index in [1.54, 1.807) is 30.3 Å². The second kappa shape index (κ2) is 6.70. The number of para-hydroxylation sites is 1. The predicted molar refractivity (Wildman–Crippen MR) is 109 cm³/mol. The third kappa shape index (κ3) is 3.43. The Bertz CT molecular complexity index is 1070. The van der Waals surface area contributed by atoms with Gasteiger partial charge in [-0.3, -0.25) is 9.59 Å². The van der Waals surface area contributed by atoms with Gasteiger partial charge in [-0.05, 0) is 37.0 Å². The second-order valence-electron chi connectivity index (χ2n) is 6.67. The first-order valence-electron chi connectivity index (χ1n) is 7.81. The van der Waals surface area contributed by atoms with E-state index >= 15 is 0 Å². The molecule has 0 aliphatic heterocycles. The van der Waals surface area contributed by atoms with Gasteiger partial charge >= 0.3 is 0 Å². The molecule has 3 rings (SSSR count). The molecule has 0 unspecified atom stereocenters. The van der Waals surface area contributed by atoms with Crippen LogP contribution in [0.3, 0.4) is 0 Å². The average molecular weight is 391 g/mol. The number of hydrogen-bond donors (Lipinski definition) is 3. The number of carbonyl (C=O) groups is 1. The van der Waals surface area contributed by atoms with Crippen LogP contribution in [0.5, 0.6) is 5.75 Å². The zero-order valence-electron chi connectivity index (χ0n) is 14.6. The number of phenols is 1. The maximum atomic E-state index is 12.6. The molecule has 0 atom stereocenters. The number of pyridine rings is 1. The maximum absolute atomic E-state index is 12.6. The highest BCUT2D eigenvalue weighted by atomic mass is 35.5. The Kier molecular flexibility index (Phi) is 4.73. The fraction of sp³-hybridized carbons (Fsp3) is 0.158. The zero-order valence-corrected chi connectivity index (χ0v) is 16.2. The third-order valence-electron chi connectivity index (χ3n) is 3.99. The fourth-order valence-electron chi connectivity index (χ4n) is 2.66. The van der Waals surface area contributed by atoms with Crippen molar-refractivity contribution in [1.82, 2.24) is 4.98 Å². The van der Waals surface area contributed by atoms with E-state index in [1.165, 1.54) is 12.3 Å². The number of rotatable bonds is 3. The second-order valence-corrected chi connectivity index (χ2v) is 11.2. The number of amides is 1. The Hall–Kier alpha value is -2.44. The number of phenolic OH excluding ortho intramolecular Hbond substituents is 1. The van der Waals surface area contributed by atoms with Crippen LogP contribution in [0.4, 0.5) is 5.69 Å². The molecule has 0 saturated heterocycles. The summed E-state index contributed by atoms with van der Waals surface area (Å²) in [5.41, 5.74) is 0.522. The van der Waals surface area contributed by atoms with E-state index in [-0.39, 0.29) is 22.4 Å². The molecule has 3 aromatic rings. The van der Waals surface area contributed by atoms with Crippen molar-refractivity contribution in [3.8, 4) is 5.75 Å². The minimum Gasteiger partial charge on any atom is -0.507 e. The molecular weight excluding hydrogens is 372 g/mol. The molecule has 0 radical (unpaired) electrons. The summed E-state index contributed by atoms with van der Waals surface area (Å²) in [5.74, 6) is -0.520. The smallest absolute Gasteiger partial charge is 0.261 e. The number of fused-ring (bicyclic) bond motifs is 1. The van der Waals surface area contributed by atoms with Gasteiger partial charge < -0.3 is 15.4 Å². The number of nitrogens with one attached hydrogen (secondary N) is 2. The van der Waals surface area contributed by atoms with Gasteiger partial charge in [0.25, 0.3) is 5.91 Å². The van der Waals surface area contributed by atoms with E-state index in [0.717, 1.165) is 4.90 Å². The molecular formula is C19H19ClN2O3S. The molecule has 1 amide bonds. The Morgan fingerprint density at radius 2 is 1.88 bits per heavy atom. The van der Waals surface area contributed by atoms with Gasteiger partial charge in [-0.15, -0.1) is 0 Å². The number of H-pyrrole nitrogens is 1. The van der Waals surface area contributed by atoms with Crippen LogP contribution in [0.25, 0.3) is 10.9 Å². The highest BCUT2D eigenvalue weighted by Crippen LogP contribution is 2.51. The number of benzene rings is 2. The van der Waals surface area contributed by atoms with E-state index in [2.05, 4.69) is 10.3 Å². The summed E-state index contributed by atoms with van der Waals surface area (Å²) in [6.45, 7) is 0. The van der Waals surface area contributed by atoms with Gasteiger partial charge in [-0.25, -0.2) is 10.0 Å². The van der Waals surface area contributed by atoms with Crippen molar-refractivity contribution >= 4 is 44.1 Å². The molecule has 2 aromatic carbocycles. The number of hydrogen-bond acceptors (Lipinski definition) is 3. The van der Waals surface area contributed by atoms with Crippen molar-refractivity contribution in [1.29, 1.82) is 0 Å². The quantitative estimate of drug-likeness (QED) is 0.627. The molecule has 26 heavy (non-hydrogen) atoms. The van der Waals surface area contributed by atoms with Gasteiger partial charge in [-0.1, -0.05) is 23.7 Å². The zero-order chi connectivity index (χ0) is 19.1. The van der Waals surface area contributed by atoms with E-state index in [9.17, 15) is 14.7 Å². The average Bonchev–Trinajstić information content (AvgIpc) is 2.57. The molecule has 0 spiro atoms. The van der Waals surface area contributed by atoms with Crippen LogP contribution >= 0.6 is 21.6 Å². The van der Waals surface area contributed by atoms with Crippen molar-refractivity contribution in [2.24, 2.45) is 0 Å². The van der Waals surface area contributed by atoms with Gasteiger partial charge in [-0.2, -0.15) is 0 Å². The SMILES string of the molecule is CS(C)(C)c1cc(Cl)c(NC(=O)c2c[nH]c3ccccc3c2=O)cc1O. The Balaban J connectivity index is 1.98.